The average Bonchev–Trinajstić information content (AvgIpc) is 3.30. The first-order valence-electron chi connectivity index (χ1n) is 27.0. The molecule has 11 nitrogen and oxygen atoms in total. The second kappa shape index (κ2) is 49.1. The Kier molecular flexibility index (Phi) is 47.4. The van der Waals surface area contributed by atoms with E-state index in [0.717, 1.165) is 51.4 Å². The van der Waals surface area contributed by atoms with Crippen LogP contribution in [-0.4, -0.2) is 59.9 Å². The van der Waals surface area contributed by atoms with Crippen molar-refractivity contribution >= 4 is 25.7 Å². The van der Waals surface area contributed by atoms with Gasteiger partial charge in [0.05, 0.1) is 13.2 Å². The van der Waals surface area contributed by atoms with Crippen molar-refractivity contribution in [1.29, 1.82) is 0 Å². The Balaban J connectivity index is 4.21. The van der Waals surface area contributed by atoms with Crippen LogP contribution >= 0.6 is 7.82 Å². The number of unbranched alkanes of at least 4 members (excludes halogenated alkanes) is 31. The highest BCUT2D eigenvalue weighted by Gasteiger charge is 2.28. The van der Waals surface area contributed by atoms with E-state index in [-0.39, 0.29) is 19.4 Å². The van der Waals surface area contributed by atoms with Crippen molar-refractivity contribution in [3.63, 3.8) is 0 Å². The molecule has 386 valence electrons. The predicted octanol–water partition coefficient (Wildman–Crippen LogP) is 15.5. The van der Waals surface area contributed by atoms with Gasteiger partial charge in [0.25, 0.3) is 0 Å². The first-order chi connectivity index (χ1) is 32.1. The minimum absolute atomic E-state index is 0.157. The van der Waals surface area contributed by atoms with E-state index in [4.69, 9.17) is 29.4 Å². The molecule has 3 unspecified atom stereocenters. The Morgan fingerprint density at radius 1 is 0.470 bits per heavy atom. The van der Waals surface area contributed by atoms with Gasteiger partial charge in [-0.25, -0.2) is 4.57 Å². The highest BCUT2D eigenvalue weighted by molar-refractivity contribution is 7.47. The Bertz CT molecular complexity index is 1260. The number of carboxylic acids is 1. The summed E-state index contributed by atoms with van der Waals surface area (Å²) in [5, 5.41) is 8.93. The van der Waals surface area contributed by atoms with E-state index >= 15 is 0 Å². The normalized spacial score (nSPS) is 13.8. The van der Waals surface area contributed by atoms with Crippen LogP contribution in [0.3, 0.4) is 0 Å². The molecule has 0 aliphatic heterocycles. The number of allylic oxidation sites excluding steroid dienone is 6. The number of carbonyl (C=O) groups excluding carboxylic acids is 2. The Morgan fingerprint density at radius 2 is 0.803 bits per heavy atom. The lowest BCUT2D eigenvalue weighted by Crippen LogP contribution is -2.34. The second-order valence-electron chi connectivity index (χ2n) is 18.4. The van der Waals surface area contributed by atoms with Gasteiger partial charge in [0.1, 0.15) is 12.6 Å². The fourth-order valence-corrected chi connectivity index (χ4v) is 8.40. The van der Waals surface area contributed by atoms with Gasteiger partial charge in [-0.05, 0) is 70.6 Å². The number of esters is 2. The van der Waals surface area contributed by atoms with Gasteiger partial charge in [-0.15, -0.1) is 0 Å². The number of phosphoric ester groups is 1. The van der Waals surface area contributed by atoms with Crippen LogP contribution in [0.25, 0.3) is 0 Å². The molecule has 0 aromatic carbocycles. The lowest BCUT2D eigenvalue weighted by atomic mass is 10.1. The Hall–Kier alpha value is -2.30. The van der Waals surface area contributed by atoms with Crippen LogP contribution in [-0.2, 0) is 37.5 Å². The molecule has 0 amide bonds. The SMILES string of the molecule is CCCCCCC/C=C\C/C=C\CCCCCCCCCCCC(=O)OC(COC(=O)CCCCCCCCCCC/C=C\CCCCCCCCCC)COP(=O)(O)OCC(N)C(=O)O. The second-order valence-corrected chi connectivity index (χ2v) is 19.8. The molecule has 0 fully saturated rings. The highest BCUT2D eigenvalue weighted by atomic mass is 31.2. The van der Waals surface area contributed by atoms with E-state index in [1.54, 1.807) is 0 Å². The molecule has 0 saturated carbocycles. The largest absolute Gasteiger partial charge is 0.480 e. The molecule has 0 bridgehead atoms. The summed E-state index contributed by atoms with van der Waals surface area (Å²) >= 11 is 0. The Morgan fingerprint density at radius 3 is 1.20 bits per heavy atom. The van der Waals surface area contributed by atoms with Crippen LogP contribution in [0.1, 0.15) is 258 Å². The molecule has 0 rings (SSSR count). The van der Waals surface area contributed by atoms with Gasteiger partial charge in [-0.3, -0.25) is 23.4 Å². The van der Waals surface area contributed by atoms with Gasteiger partial charge in [0, 0.05) is 12.8 Å². The van der Waals surface area contributed by atoms with E-state index in [9.17, 15) is 23.8 Å². The zero-order valence-corrected chi connectivity index (χ0v) is 43.2. The molecular formula is C54H100NO10P. The summed E-state index contributed by atoms with van der Waals surface area (Å²) in [7, 11) is -4.72. The molecule has 0 aliphatic rings. The number of hydrogen-bond donors (Lipinski definition) is 3. The van der Waals surface area contributed by atoms with Crippen LogP contribution in [0, 0.1) is 0 Å². The highest BCUT2D eigenvalue weighted by Crippen LogP contribution is 2.43. The molecule has 0 spiro atoms. The third-order valence-electron chi connectivity index (χ3n) is 11.9. The fourth-order valence-electron chi connectivity index (χ4n) is 7.62. The minimum Gasteiger partial charge on any atom is -0.480 e. The Labute approximate surface area is 403 Å². The molecule has 0 heterocycles. The van der Waals surface area contributed by atoms with Gasteiger partial charge >= 0.3 is 25.7 Å². The molecular weight excluding hydrogens is 854 g/mol. The number of phosphoric acid groups is 1. The van der Waals surface area contributed by atoms with E-state index in [2.05, 4.69) is 50.3 Å². The van der Waals surface area contributed by atoms with Crippen LogP contribution in [0.15, 0.2) is 36.5 Å². The molecule has 66 heavy (non-hydrogen) atoms. The van der Waals surface area contributed by atoms with Crippen molar-refractivity contribution in [2.24, 2.45) is 5.73 Å². The first kappa shape index (κ1) is 63.7. The number of carbonyl (C=O) groups is 3. The fraction of sp³-hybridized carbons (Fsp3) is 0.833. The first-order valence-corrected chi connectivity index (χ1v) is 28.5. The van der Waals surface area contributed by atoms with Crippen molar-refractivity contribution in [2.45, 2.75) is 270 Å². The number of nitrogens with two attached hydrogens (primary N) is 1. The zero-order chi connectivity index (χ0) is 48.4. The number of hydrogen-bond acceptors (Lipinski definition) is 9. The van der Waals surface area contributed by atoms with Gasteiger partial charge in [0.2, 0.25) is 0 Å². The molecule has 12 heteroatoms. The standard InChI is InChI=1S/C54H100NO10P/c1-3-5-7-9-11-13-15-17-19-21-23-25-27-29-31-33-35-37-39-41-43-45-52(56)62-47-50(48-63-66(60,61)64-49-51(55)54(58)59)65-53(57)46-44-42-40-38-36-34-32-30-28-26-24-22-20-18-16-14-12-10-8-6-4-2/h16,18,21-24,50-51H,3-15,17,19-20,25-49,55H2,1-2H3,(H,58,59)(H,60,61)/b18-16-,23-21-,24-22-. The minimum atomic E-state index is -4.72. The lowest BCUT2D eigenvalue weighted by Gasteiger charge is -2.20. The third kappa shape index (κ3) is 48.2. The molecule has 0 radical (unpaired) electrons. The van der Waals surface area contributed by atoms with Crippen molar-refractivity contribution in [3.05, 3.63) is 36.5 Å². The summed E-state index contributed by atoms with van der Waals surface area (Å²) in [6.45, 7) is 2.83. The third-order valence-corrected chi connectivity index (χ3v) is 12.8. The maximum Gasteiger partial charge on any atom is 0.472 e. The van der Waals surface area contributed by atoms with Gasteiger partial charge in [-0.2, -0.15) is 0 Å². The molecule has 0 aromatic rings. The topological polar surface area (TPSA) is 172 Å². The van der Waals surface area contributed by atoms with Crippen LogP contribution in [0.2, 0.25) is 0 Å². The van der Waals surface area contributed by atoms with Crippen molar-refractivity contribution in [3.8, 4) is 0 Å². The summed E-state index contributed by atoms with van der Waals surface area (Å²) in [6.07, 6.45) is 56.3. The van der Waals surface area contributed by atoms with Crippen LogP contribution in [0.5, 0.6) is 0 Å². The maximum absolute atomic E-state index is 12.7. The lowest BCUT2D eigenvalue weighted by molar-refractivity contribution is -0.161. The predicted molar refractivity (Wildman–Crippen MR) is 272 cm³/mol. The number of rotatable bonds is 51. The van der Waals surface area contributed by atoms with Gasteiger partial charge in [0.15, 0.2) is 6.10 Å². The summed E-state index contributed by atoms with van der Waals surface area (Å²) < 4.78 is 32.9. The van der Waals surface area contributed by atoms with E-state index < -0.39 is 51.1 Å². The maximum atomic E-state index is 12.7. The van der Waals surface area contributed by atoms with E-state index in [0.29, 0.717) is 12.8 Å². The molecule has 0 aliphatic carbocycles. The summed E-state index contributed by atoms with van der Waals surface area (Å²) in [5.74, 6) is -2.37. The molecule has 3 atom stereocenters. The monoisotopic (exact) mass is 954 g/mol. The van der Waals surface area contributed by atoms with Crippen LogP contribution in [0.4, 0.5) is 0 Å². The summed E-state index contributed by atoms with van der Waals surface area (Å²) in [5.41, 5.74) is 5.36. The quantitative estimate of drug-likeness (QED) is 0.0229. The molecule has 0 saturated heterocycles. The van der Waals surface area contributed by atoms with E-state index in [1.807, 2.05) is 0 Å². The summed E-state index contributed by atoms with van der Waals surface area (Å²) in [4.78, 5) is 46.3. The number of aliphatic carboxylic acids is 1. The summed E-state index contributed by atoms with van der Waals surface area (Å²) in [6, 6.07) is -1.52. The van der Waals surface area contributed by atoms with Gasteiger partial charge < -0.3 is 25.2 Å². The van der Waals surface area contributed by atoms with Gasteiger partial charge in [-0.1, -0.05) is 211 Å². The van der Waals surface area contributed by atoms with Crippen molar-refractivity contribution < 1.29 is 47.5 Å². The number of carboxylic acid groups (broad SMARTS) is 1. The van der Waals surface area contributed by atoms with E-state index in [1.165, 1.54) is 167 Å². The average molecular weight is 954 g/mol. The smallest absolute Gasteiger partial charge is 0.472 e. The molecule has 0 aromatic heterocycles. The van der Waals surface area contributed by atoms with Crippen molar-refractivity contribution in [2.75, 3.05) is 19.8 Å². The van der Waals surface area contributed by atoms with Crippen LogP contribution < -0.4 is 5.73 Å². The van der Waals surface area contributed by atoms with Crippen molar-refractivity contribution in [1.82, 2.24) is 0 Å². The zero-order valence-electron chi connectivity index (χ0n) is 42.3. The molecule has 4 N–H and O–H groups in total. The number of ether oxygens (including phenoxy) is 2.